The van der Waals surface area contributed by atoms with Crippen molar-refractivity contribution in [2.75, 3.05) is 0 Å². The van der Waals surface area contributed by atoms with Gasteiger partial charge in [0.2, 0.25) is 0 Å². The fourth-order valence-corrected chi connectivity index (χ4v) is 1.89. The van der Waals surface area contributed by atoms with Gasteiger partial charge in [0.1, 0.15) is 6.10 Å². The van der Waals surface area contributed by atoms with Crippen molar-refractivity contribution in [3.63, 3.8) is 0 Å². The van der Waals surface area contributed by atoms with Gasteiger partial charge in [-0.2, -0.15) is 0 Å². The molecule has 0 saturated carbocycles. The zero-order valence-electron chi connectivity index (χ0n) is 9.40. The van der Waals surface area contributed by atoms with Gasteiger partial charge in [0, 0.05) is 11.1 Å². The Labute approximate surface area is 116 Å². The minimum atomic E-state index is -0.948. The first kappa shape index (κ1) is 13.0. The number of aliphatic hydroxyl groups is 1. The lowest BCUT2D eigenvalue weighted by atomic mass is 10.1. The Morgan fingerprint density at radius 1 is 0.944 bits per heavy atom. The SMILES string of the molecule is OC(C#Cc1ccccc1)c1cccc(Cl)c1Cl. The second kappa shape index (κ2) is 5.93. The molecule has 0 spiro atoms. The summed E-state index contributed by atoms with van der Waals surface area (Å²) >= 11 is 11.9. The van der Waals surface area contributed by atoms with Gasteiger partial charge in [-0.15, -0.1) is 0 Å². The molecule has 0 saturated heterocycles. The monoisotopic (exact) mass is 276 g/mol. The van der Waals surface area contributed by atoms with E-state index in [1.807, 2.05) is 30.3 Å². The molecule has 0 amide bonds. The van der Waals surface area contributed by atoms with Crippen LogP contribution in [-0.4, -0.2) is 5.11 Å². The summed E-state index contributed by atoms with van der Waals surface area (Å²) in [5.74, 6) is 5.63. The van der Waals surface area contributed by atoms with Crippen LogP contribution in [0.15, 0.2) is 48.5 Å². The van der Waals surface area contributed by atoms with Gasteiger partial charge in [-0.05, 0) is 18.2 Å². The molecule has 0 aliphatic carbocycles. The number of hydrogen-bond acceptors (Lipinski definition) is 1. The van der Waals surface area contributed by atoms with Crippen molar-refractivity contribution in [2.45, 2.75) is 6.10 Å². The van der Waals surface area contributed by atoms with E-state index in [1.165, 1.54) is 0 Å². The third-order valence-corrected chi connectivity index (χ3v) is 3.24. The zero-order valence-corrected chi connectivity index (χ0v) is 10.9. The molecule has 2 aromatic carbocycles. The van der Waals surface area contributed by atoms with Gasteiger partial charge >= 0.3 is 0 Å². The van der Waals surface area contributed by atoms with Crippen molar-refractivity contribution < 1.29 is 5.11 Å². The van der Waals surface area contributed by atoms with Gasteiger partial charge in [-0.3, -0.25) is 0 Å². The molecule has 3 heteroatoms. The van der Waals surface area contributed by atoms with Crippen LogP contribution < -0.4 is 0 Å². The molecule has 2 rings (SSSR count). The summed E-state index contributed by atoms with van der Waals surface area (Å²) in [6, 6.07) is 14.6. The Bertz CT molecular complexity index is 597. The molecule has 0 heterocycles. The number of hydrogen-bond donors (Lipinski definition) is 1. The lowest BCUT2D eigenvalue weighted by molar-refractivity contribution is 0.238. The Kier molecular flexibility index (Phi) is 4.28. The first-order valence-corrected chi connectivity index (χ1v) is 6.12. The third-order valence-electron chi connectivity index (χ3n) is 2.40. The summed E-state index contributed by atoms with van der Waals surface area (Å²) in [5.41, 5.74) is 1.36. The molecule has 0 aromatic heterocycles. The largest absolute Gasteiger partial charge is 0.376 e. The fourth-order valence-electron chi connectivity index (χ4n) is 1.48. The van der Waals surface area contributed by atoms with Gasteiger partial charge < -0.3 is 5.11 Å². The van der Waals surface area contributed by atoms with Crippen molar-refractivity contribution >= 4 is 23.2 Å². The molecule has 0 aliphatic heterocycles. The number of aliphatic hydroxyl groups excluding tert-OH is 1. The molecule has 1 nitrogen and oxygen atoms in total. The minimum Gasteiger partial charge on any atom is -0.376 e. The van der Waals surface area contributed by atoms with E-state index in [1.54, 1.807) is 18.2 Å². The van der Waals surface area contributed by atoms with Crippen molar-refractivity contribution in [2.24, 2.45) is 0 Å². The summed E-state index contributed by atoms with van der Waals surface area (Å²) in [6.45, 7) is 0. The second-order valence-electron chi connectivity index (χ2n) is 3.68. The summed E-state index contributed by atoms with van der Waals surface area (Å²) in [7, 11) is 0. The van der Waals surface area contributed by atoms with Crippen LogP contribution in [0.5, 0.6) is 0 Å². The van der Waals surface area contributed by atoms with Crippen LogP contribution in [0.3, 0.4) is 0 Å². The number of rotatable bonds is 1. The Balaban J connectivity index is 2.26. The smallest absolute Gasteiger partial charge is 0.142 e. The van der Waals surface area contributed by atoms with E-state index in [9.17, 15) is 5.11 Å². The predicted octanol–water partition coefficient (Wildman–Crippen LogP) is 4.08. The topological polar surface area (TPSA) is 20.2 Å². The van der Waals surface area contributed by atoms with E-state index in [4.69, 9.17) is 23.2 Å². The van der Waals surface area contributed by atoms with Gasteiger partial charge in [0.25, 0.3) is 0 Å². The number of halogens is 2. The Morgan fingerprint density at radius 3 is 2.39 bits per heavy atom. The zero-order chi connectivity index (χ0) is 13.0. The first-order chi connectivity index (χ1) is 8.68. The van der Waals surface area contributed by atoms with E-state index < -0.39 is 6.10 Å². The van der Waals surface area contributed by atoms with Gasteiger partial charge in [-0.25, -0.2) is 0 Å². The maximum Gasteiger partial charge on any atom is 0.142 e. The summed E-state index contributed by atoms with van der Waals surface area (Å²) in [5, 5.41) is 10.7. The molecule has 0 bridgehead atoms. The van der Waals surface area contributed by atoms with Crippen molar-refractivity contribution in [1.82, 2.24) is 0 Å². The van der Waals surface area contributed by atoms with E-state index in [0.29, 0.717) is 15.6 Å². The molecule has 1 unspecified atom stereocenters. The highest BCUT2D eigenvalue weighted by Gasteiger charge is 2.10. The molecule has 18 heavy (non-hydrogen) atoms. The molecule has 1 atom stereocenters. The maximum absolute atomic E-state index is 9.97. The molecule has 0 radical (unpaired) electrons. The molecule has 2 aromatic rings. The molecular weight excluding hydrogens is 267 g/mol. The van der Waals surface area contributed by atoms with Crippen LogP contribution in [0, 0.1) is 11.8 Å². The van der Waals surface area contributed by atoms with E-state index in [2.05, 4.69) is 11.8 Å². The van der Waals surface area contributed by atoms with Gasteiger partial charge in [0.15, 0.2) is 0 Å². The predicted molar refractivity (Wildman–Crippen MR) is 74.7 cm³/mol. The van der Waals surface area contributed by atoms with Crippen LogP contribution >= 0.6 is 23.2 Å². The van der Waals surface area contributed by atoms with Crippen molar-refractivity contribution in [1.29, 1.82) is 0 Å². The highest BCUT2D eigenvalue weighted by atomic mass is 35.5. The summed E-state index contributed by atoms with van der Waals surface area (Å²) < 4.78 is 0. The Morgan fingerprint density at radius 2 is 1.67 bits per heavy atom. The standard InChI is InChI=1S/C15H10Cl2O/c16-13-8-4-7-12(15(13)17)14(18)10-9-11-5-2-1-3-6-11/h1-8,14,18H. The quantitative estimate of drug-likeness (QED) is 0.779. The summed E-state index contributed by atoms with van der Waals surface area (Å²) in [6.07, 6.45) is -0.948. The minimum absolute atomic E-state index is 0.342. The number of benzene rings is 2. The highest BCUT2D eigenvalue weighted by molar-refractivity contribution is 6.42. The highest BCUT2D eigenvalue weighted by Crippen LogP contribution is 2.29. The molecule has 1 N–H and O–H groups in total. The third kappa shape index (κ3) is 3.05. The van der Waals surface area contributed by atoms with Crippen LogP contribution in [-0.2, 0) is 0 Å². The lowest BCUT2D eigenvalue weighted by Crippen LogP contribution is -1.95. The van der Waals surface area contributed by atoms with Crippen LogP contribution in [0.4, 0.5) is 0 Å². The normalized spacial score (nSPS) is 11.5. The van der Waals surface area contributed by atoms with Crippen LogP contribution in [0.2, 0.25) is 10.0 Å². The fraction of sp³-hybridized carbons (Fsp3) is 0.0667. The van der Waals surface area contributed by atoms with Crippen molar-refractivity contribution in [3.05, 3.63) is 69.7 Å². The van der Waals surface area contributed by atoms with Crippen LogP contribution in [0.1, 0.15) is 17.2 Å². The lowest BCUT2D eigenvalue weighted by Gasteiger charge is -2.07. The second-order valence-corrected chi connectivity index (χ2v) is 4.47. The van der Waals surface area contributed by atoms with E-state index in [0.717, 1.165) is 5.56 Å². The van der Waals surface area contributed by atoms with Gasteiger partial charge in [0.05, 0.1) is 10.0 Å². The molecule has 0 fully saturated rings. The molecular formula is C15H10Cl2O. The maximum atomic E-state index is 9.97. The van der Waals surface area contributed by atoms with Crippen molar-refractivity contribution in [3.8, 4) is 11.8 Å². The van der Waals surface area contributed by atoms with E-state index >= 15 is 0 Å². The average Bonchev–Trinajstić information content (AvgIpc) is 2.40. The summed E-state index contributed by atoms with van der Waals surface area (Å²) in [4.78, 5) is 0. The van der Waals surface area contributed by atoms with Crippen LogP contribution in [0.25, 0.3) is 0 Å². The Hall–Kier alpha value is -1.46. The molecule has 0 aliphatic rings. The van der Waals surface area contributed by atoms with E-state index in [-0.39, 0.29) is 0 Å². The molecule has 90 valence electrons. The average molecular weight is 277 g/mol. The first-order valence-electron chi connectivity index (χ1n) is 5.37. The van der Waals surface area contributed by atoms with Gasteiger partial charge in [-0.1, -0.05) is 65.4 Å².